The Kier molecular flexibility index (Phi) is 33.9. The first-order valence-corrected chi connectivity index (χ1v) is 22.3. The van der Waals surface area contributed by atoms with Crippen LogP contribution in [0.5, 0.6) is 0 Å². The number of allylic oxidation sites excluding steroid dienone is 8. The number of unbranched alkanes of at least 4 members (excludes halogenated alkanes) is 10. The molecule has 0 amide bonds. The lowest BCUT2D eigenvalue weighted by molar-refractivity contribution is -0.870. The van der Waals surface area contributed by atoms with Crippen molar-refractivity contribution < 1.29 is 52.3 Å². The molecule has 11 nitrogen and oxygen atoms in total. The van der Waals surface area contributed by atoms with Crippen LogP contribution in [0.4, 0.5) is 0 Å². The number of esters is 2. The highest BCUT2D eigenvalue weighted by atomic mass is 31.2. The van der Waals surface area contributed by atoms with E-state index in [4.69, 9.17) is 18.5 Å². The van der Waals surface area contributed by atoms with Crippen molar-refractivity contribution >= 4 is 19.8 Å². The van der Waals surface area contributed by atoms with E-state index >= 15 is 0 Å². The maximum absolute atomic E-state index is 12.6. The molecule has 0 aromatic heterocycles. The fraction of sp³-hybridized carbons (Fsp3) is 0.682. The summed E-state index contributed by atoms with van der Waals surface area (Å²) < 4.78 is 33.6. The Hall–Kier alpha value is -2.63. The molecule has 12 heteroatoms. The molecular weight excluding hydrogens is 733 g/mol. The smallest absolute Gasteiger partial charge is 0.306 e. The van der Waals surface area contributed by atoms with Crippen molar-refractivity contribution in [2.45, 2.75) is 148 Å². The lowest BCUT2D eigenvalue weighted by atomic mass is 10.1. The Balaban J connectivity index is 4.65. The Morgan fingerprint density at radius 3 is 1.80 bits per heavy atom. The molecule has 322 valence electrons. The zero-order valence-corrected chi connectivity index (χ0v) is 36.2. The van der Waals surface area contributed by atoms with Crippen LogP contribution in [-0.4, -0.2) is 92.5 Å². The molecule has 0 bridgehead atoms. The molecule has 0 spiro atoms. The largest absolute Gasteiger partial charge is 0.756 e. The van der Waals surface area contributed by atoms with Gasteiger partial charge in [-0.2, -0.15) is 0 Å². The maximum Gasteiger partial charge on any atom is 0.306 e. The van der Waals surface area contributed by atoms with Crippen molar-refractivity contribution in [1.82, 2.24) is 0 Å². The molecular formula is C44H76NO10P. The summed E-state index contributed by atoms with van der Waals surface area (Å²) in [6.07, 6.45) is 35.8. The van der Waals surface area contributed by atoms with Crippen molar-refractivity contribution in [2.24, 2.45) is 0 Å². The van der Waals surface area contributed by atoms with Crippen LogP contribution < -0.4 is 4.89 Å². The summed E-state index contributed by atoms with van der Waals surface area (Å²) in [7, 11) is 1.04. The molecule has 0 saturated heterocycles. The van der Waals surface area contributed by atoms with Crippen LogP contribution in [-0.2, 0) is 32.7 Å². The molecule has 0 aliphatic carbocycles. The average Bonchev–Trinajstić information content (AvgIpc) is 3.13. The minimum Gasteiger partial charge on any atom is -0.756 e. The molecule has 0 aliphatic heterocycles. The topological polar surface area (TPSA) is 152 Å². The van der Waals surface area contributed by atoms with Gasteiger partial charge in [0.15, 0.2) is 6.10 Å². The number of hydrogen-bond acceptors (Lipinski definition) is 10. The van der Waals surface area contributed by atoms with E-state index in [9.17, 15) is 29.3 Å². The Morgan fingerprint density at radius 1 is 0.679 bits per heavy atom. The standard InChI is InChI=1S/C44H76NO10P/c1-6-8-10-11-12-13-14-15-16-20-28-34-43(48)52-38-42(39-54-56(50,51)53-37-36-45(3,4)5)55-44(49)35-29-21-18-17-19-25-31-41(47)33-27-23-22-26-32-40(46)30-24-9-7-2/h9,18-19,21-27,32-33,40-42,46-47H,6-8,10-17,20,28-31,34-39H2,1-5H3/b21-18-,23-22-,24-9-,25-19-,32-26+,33-27+/t40-,41+,42+/m0/s1. The number of quaternary nitrogens is 1. The fourth-order valence-electron chi connectivity index (χ4n) is 5.09. The van der Waals surface area contributed by atoms with E-state index < -0.39 is 44.7 Å². The van der Waals surface area contributed by atoms with Gasteiger partial charge in [0, 0.05) is 12.8 Å². The number of aliphatic hydroxyl groups is 2. The van der Waals surface area contributed by atoms with E-state index in [2.05, 4.69) is 6.92 Å². The number of aliphatic hydroxyl groups excluding tert-OH is 2. The molecule has 0 aromatic carbocycles. The Morgan fingerprint density at radius 2 is 1.23 bits per heavy atom. The van der Waals surface area contributed by atoms with E-state index in [-0.39, 0.29) is 26.1 Å². The van der Waals surface area contributed by atoms with Crippen LogP contribution in [0.3, 0.4) is 0 Å². The first kappa shape index (κ1) is 53.4. The third kappa shape index (κ3) is 38.3. The first-order valence-electron chi connectivity index (χ1n) is 20.9. The number of hydrogen-bond donors (Lipinski definition) is 2. The zero-order chi connectivity index (χ0) is 41.8. The van der Waals surface area contributed by atoms with E-state index in [1.54, 1.807) is 36.5 Å². The third-order valence-electron chi connectivity index (χ3n) is 8.42. The number of carbonyl (C=O) groups excluding carboxylic acids is 2. The van der Waals surface area contributed by atoms with Gasteiger partial charge in [-0.1, -0.05) is 151 Å². The number of likely N-dealkylation sites (N-methyl/N-ethyl adjacent to an activating group) is 1. The van der Waals surface area contributed by atoms with Crippen LogP contribution in [0.1, 0.15) is 129 Å². The van der Waals surface area contributed by atoms with Gasteiger partial charge in [-0.05, 0) is 38.5 Å². The summed E-state index contributed by atoms with van der Waals surface area (Å²) in [5, 5.41) is 20.0. The van der Waals surface area contributed by atoms with E-state index in [1.807, 2.05) is 64.5 Å². The molecule has 0 saturated carbocycles. The number of rotatable bonds is 36. The molecule has 4 atom stereocenters. The van der Waals surface area contributed by atoms with Gasteiger partial charge in [-0.15, -0.1) is 0 Å². The second kappa shape index (κ2) is 35.5. The van der Waals surface area contributed by atoms with Crippen LogP contribution in [0.25, 0.3) is 0 Å². The van der Waals surface area contributed by atoms with E-state index in [1.165, 1.54) is 44.9 Å². The molecule has 0 fully saturated rings. The summed E-state index contributed by atoms with van der Waals surface area (Å²) in [6, 6.07) is 0. The molecule has 0 radical (unpaired) electrons. The second-order valence-electron chi connectivity index (χ2n) is 15.0. The maximum atomic E-state index is 12.6. The van der Waals surface area contributed by atoms with E-state index in [0.29, 0.717) is 43.1 Å². The predicted octanol–water partition coefficient (Wildman–Crippen LogP) is 8.77. The Bertz CT molecular complexity index is 1220. The van der Waals surface area contributed by atoms with Gasteiger partial charge >= 0.3 is 11.9 Å². The van der Waals surface area contributed by atoms with Gasteiger partial charge in [0.1, 0.15) is 19.8 Å². The van der Waals surface area contributed by atoms with Gasteiger partial charge in [0.2, 0.25) is 0 Å². The van der Waals surface area contributed by atoms with Crippen molar-refractivity contribution in [1.29, 1.82) is 0 Å². The number of carbonyl (C=O) groups is 2. The molecule has 0 aromatic rings. The van der Waals surface area contributed by atoms with Gasteiger partial charge in [-0.3, -0.25) is 14.2 Å². The fourth-order valence-corrected chi connectivity index (χ4v) is 5.82. The lowest BCUT2D eigenvalue weighted by Gasteiger charge is -2.28. The molecule has 1 unspecified atom stereocenters. The van der Waals surface area contributed by atoms with Gasteiger partial charge in [0.25, 0.3) is 7.82 Å². The summed E-state index contributed by atoms with van der Waals surface area (Å²) in [6.45, 7) is 3.79. The number of phosphoric acid groups is 1. The van der Waals surface area contributed by atoms with Crippen molar-refractivity contribution in [3.8, 4) is 0 Å². The monoisotopic (exact) mass is 810 g/mol. The highest BCUT2D eigenvalue weighted by molar-refractivity contribution is 7.45. The number of phosphoric ester groups is 1. The van der Waals surface area contributed by atoms with Gasteiger partial charge in [0.05, 0.1) is 40.0 Å². The van der Waals surface area contributed by atoms with E-state index in [0.717, 1.165) is 25.7 Å². The quantitative estimate of drug-likeness (QED) is 0.0157. The predicted molar refractivity (Wildman–Crippen MR) is 225 cm³/mol. The van der Waals surface area contributed by atoms with Crippen LogP contribution >= 0.6 is 7.82 Å². The highest BCUT2D eigenvalue weighted by Gasteiger charge is 2.21. The molecule has 2 N–H and O–H groups in total. The summed E-state index contributed by atoms with van der Waals surface area (Å²) in [4.78, 5) is 37.4. The zero-order valence-electron chi connectivity index (χ0n) is 35.3. The van der Waals surface area contributed by atoms with Crippen molar-refractivity contribution in [3.05, 3.63) is 72.9 Å². The number of nitrogens with zero attached hydrogens (tertiary/aromatic N) is 1. The summed E-state index contributed by atoms with van der Waals surface area (Å²) in [5.74, 6) is -1.01. The molecule has 0 rings (SSSR count). The minimum atomic E-state index is -4.67. The average molecular weight is 810 g/mol. The SMILES string of the molecule is CC/C=C\C[C@H](O)/C=C/C=C\C=C\[C@H](O)C/C=C\C/C=C\CCC(=O)O[C@H](COC(=O)CCCCCCCCCCCCC)COP(=O)([O-])OCC[N+](C)(C)C. The summed E-state index contributed by atoms with van der Waals surface area (Å²) in [5.41, 5.74) is 0. The summed E-state index contributed by atoms with van der Waals surface area (Å²) >= 11 is 0. The normalized spacial score (nSPS) is 15.5. The molecule has 0 heterocycles. The van der Waals surface area contributed by atoms with Crippen LogP contribution in [0.2, 0.25) is 0 Å². The lowest BCUT2D eigenvalue weighted by Crippen LogP contribution is -2.37. The highest BCUT2D eigenvalue weighted by Crippen LogP contribution is 2.38. The van der Waals surface area contributed by atoms with Gasteiger partial charge < -0.3 is 38.1 Å². The third-order valence-corrected chi connectivity index (χ3v) is 9.38. The van der Waals surface area contributed by atoms with Crippen LogP contribution in [0.15, 0.2) is 72.9 Å². The minimum absolute atomic E-state index is 0.0412. The molecule has 0 aliphatic rings. The van der Waals surface area contributed by atoms with Crippen LogP contribution in [0, 0.1) is 0 Å². The first-order chi connectivity index (χ1) is 26.8. The molecule has 56 heavy (non-hydrogen) atoms. The van der Waals surface area contributed by atoms with Crippen molar-refractivity contribution in [2.75, 3.05) is 47.5 Å². The number of ether oxygens (including phenoxy) is 2. The Labute approximate surface area is 339 Å². The van der Waals surface area contributed by atoms with Gasteiger partial charge in [-0.25, -0.2) is 0 Å². The van der Waals surface area contributed by atoms with Crippen molar-refractivity contribution in [3.63, 3.8) is 0 Å². The second-order valence-corrected chi connectivity index (χ2v) is 16.4.